The van der Waals surface area contributed by atoms with Gasteiger partial charge in [0.2, 0.25) is 0 Å². The van der Waals surface area contributed by atoms with Crippen molar-refractivity contribution in [3.05, 3.63) is 59.9 Å². The summed E-state index contributed by atoms with van der Waals surface area (Å²) in [7, 11) is 0. The van der Waals surface area contributed by atoms with Crippen LogP contribution in [-0.4, -0.2) is 17.6 Å². The highest BCUT2D eigenvalue weighted by atomic mass is 16.5. The number of hydrogen-bond donors (Lipinski definition) is 1. The highest BCUT2D eigenvalue weighted by Gasteiger charge is 2.05. The summed E-state index contributed by atoms with van der Waals surface area (Å²) in [6.07, 6.45) is 3.41. The van der Waals surface area contributed by atoms with Crippen molar-refractivity contribution >= 4 is 0 Å². The van der Waals surface area contributed by atoms with E-state index in [4.69, 9.17) is 10.5 Å². The summed E-state index contributed by atoms with van der Waals surface area (Å²) >= 11 is 0. The summed E-state index contributed by atoms with van der Waals surface area (Å²) in [4.78, 5) is 4.28. The molecule has 100 valence electrons. The standard InChI is InChI=1S/C16H20N2O/c1-13-5-4-7-16(11-13)19-10-8-14(17)12-15-6-2-3-9-18-15/h2-7,9,11,14H,8,10,12,17H2,1H3. The first-order chi connectivity index (χ1) is 9.24. The molecule has 1 heterocycles. The second-order valence-corrected chi connectivity index (χ2v) is 4.74. The number of pyridine rings is 1. The quantitative estimate of drug-likeness (QED) is 0.864. The Kier molecular flexibility index (Phi) is 4.93. The van der Waals surface area contributed by atoms with E-state index in [0.717, 1.165) is 24.3 Å². The van der Waals surface area contributed by atoms with Crippen LogP contribution in [-0.2, 0) is 6.42 Å². The molecule has 2 N–H and O–H groups in total. The van der Waals surface area contributed by atoms with Gasteiger partial charge in [0, 0.05) is 24.4 Å². The molecule has 0 bridgehead atoms. The Hall–Kier alpha value is -1.87. The molecule has 1 unspecified atom stereocenters. The summed E-state index contributed by atoms with van der Waals surface area (Å²) in [5.74, 6) is 0.907. The average Bonchev–Trinajstić information content (AvgIpc) is 2.40. The van der Waals surface area contributed by atoms with Crippen LogP contribution in [0.3, 0.4) is 0 Å². The van der Waals surface area contributed by atoms with Gasteiger partial charge in [-0.1, -0.05) is 18.2 Å². The van der Waals surface area contributed by atoms with Crippen molar-refractivity contribution in [3.8, 4) is 5.75 Å². The van der Waals surface area contributed by atoms with E-state index in [1.807, 2.05) is 36.4 Å². The Labute approximate surface area is 114 Å². The molecule has 1 atom stereocenters. The zero-order valence-electron chi connectivity index (χ0n) is 11.3. The van der Waals surface area contributed by atoms with Crippen LogP contribution in [0.1, 0.15) is 17.7 Å². The van der Waals surface area contributed by atoms with Gasteiger partial charge in [-0.15, -0.1) is 0 Å². The minimum atomic E-state index is 0.0831. The molecule has 2 aromatic rings. The second kappa shape index (κ2) is 6.90. The molecule has 1 aromatic carbocycles. The van der Waals surface area contributed by atoms with E-state index in [1.54, 1.807) is 6.20 Å². The molecule has 2 rings (SSSR count). The van der Waals surface area contributed by atoms with Crippen molar-refractivity contribution in [1.29, 1.82) is 0 Å². The molecule has 0 amide bonds. The fourth-order valence-corrected chi connectivity index (χ4v) is 1.92. The highest BCUT2D eigenvalue weighted by Crippen LogP contribution is 2.12. The SMILES string of the molecule is Cc1cccc(OCCC(N)Cc2ccccn2)c1. The first kappa shape index (κ1) is 13.6. The molecule has 1 aromatic heterocycles. The van der Waals surface area contributed by atoms with Crippen LogP contribution in [0.5, 0.6) is 5.75 Å². The molecule has 19 heavy (non-hydrogen) atoms. The van der Waals surface area contributed by atoms with E-state index in [-0.39, 0.29) is 6.04 Å². The summed E-state index contributed by atoms with van der Waals surface area (Å²) in [6.45, 7) is 2.69. The van der Waals surface area contributed by atoms with E-state index in [9.17, 15) is 0 Å². The minimum absolute atomic E-state index is 0.0831. The molecule has 3 nitrogen and oxygen atoms in total. The lowest BCUT2D eigenvalue weighted by Crippen LogP contribution is -2.25. The first-order valence-electron chi connectivity index (χ1n) is 6.59. The predicted molar refractivity (Wildman–Crippen MR) is 77.2 cm³/mol. The van der Waals surface area contributed by atoms with Crippen LogP contribution in [0.15, 0.2) is 48.7 Å². The molecule has 0 saturated heterocycles. The van der Waals surface area contributed by atoms with Crippen LogP contribution in [0.25, 0.3) is 0 Å². The Bertz CT molecular complexity index is 499. The summed E-state index contributed by atoms with van der Waals surface area (Å²) in [5.41, 5.74) is 8.32. The Balaban J connectivity index is 1.73. The second-order valence-electron chi connectivity index (χ2n) is 4.74. The third-order valence-corrected chi connectivity index (χ3v) is 2.94. The smallest absolute Gasteiger partial charge is 0.119 e. The Morgan fingerprint density at radius 1 is 1.21 bits per heavy atom. The van der Waals surface area contributed by atoms with Gasteiger partial charge in [0.05, 0.1) is 6.61 Å². The number of nitrogens with two attached hydrogens (primary N) is 1. The minimum Gasteiger partial charge on any atom is -0.494 e. The van der Waals surface area contributed by atoms with Gasteiger partial charge in [-0.25, -0.2) is 0 Å². The monoisotopic (exact) mass is 256 g/mol. The van der Waals surface area contributed by atoms with Gasteiger partial charge in [0.1, 0.15) is 5.75 Å². The fraction of sp³-hybridized carbons (Fsp3) is 0.312. The molecule has 0 spiro atoms. The van der Waals surface area contributed by atoms with Gasteiger partial charge < -0.3 is 10.5 Å². The lowest BCUT2D eigenvalue weighted by atomic mass is 10.1. The number of rotatable bonds is 6. The van der Waals surface area contributed by atoms with E-state index in [2.05, 4.69) is 18.0 Å². The topological polar surface area (TPSA) is 48.1 Å². The lowest BCUT2D eigenvalue weighted by Gasteiger charge is -2.12. The van der Waals surface area contributed by atoms with E-state index in [0.29, 0.717) is 6.61 Å². The number of aromatic nitrogens is 1. The molecule has 3 heteroatoms. The summed E-state index contributed by atoms with van der Waals surface area (Å²) in [6, 6.07) is 14.0. The van der Waals surface area contributed by atoms with Crippen molar-refractivity contribution < 1.29 is 4.74 Å². The van der Waals surface area contributed by atoms with Gasteiger partial charge in [-0.3, -0.25) is 4.98 Å². The zero-order valence-corrected chi connectivity index (χ0v) is 11.3. The van der Waals surface area contributed by atoms with E-state index < -0.39 is 0 Å². The van der Waals surface area contributed by atoms with Gasteiger partial charge in [-0.2, -0.15) is 0 Å². The molecule has 0 aliphatic carbocycles. The maximum absolute atomic E-state index is 6.08. The third-order valence-electron chi connectivity index (χ3n) is 2.94. The Morgan fingerprint density at radius 3 is 2.84 bits per heavy atom. The highest BCUT2D eigenvalue weighted by molar-refractivity contribution is 5.27. The van der Waals surface area contributed by atoms with Crippen LogP contribution >= 0.6 is 0 Å². The molecule has 0 aliphatic rings. The maximum Gasteiger partial charge on any atom is 0.119 e. The predicted octanol–water partition coefficient (Wildman–Crippen LogP) is 2.73. The van der Waals surface area contributed by atoms with Crippen molar-refractivity contribution in [2.45, 2.75) is 25.8 Å². The number of hydrogen-bond acceptors (Lipinski definition) is 3. The van der Waals surface area contributed by atoms with Crippen LogP contribution in [0, 0.1) is 6.92 Å². The zero-order chi connectivity index (χ0) is 13.5. The van der Waals surface area contributed by atoms with Gasteiger partial charge >= 0.3 is 0 Å². The molecule has 0 fully saturated rings. The normalized spacial score (nSPS) is 12.1. The third kappa shape index (κ3) is 4.72. The average molecular weight is 256 g/mol. The van der Waals surface area contributed by atoms with Gasteiger partial charge in [0.25, 0.3) is 0 Å². The van der Waals surface area contributed by atoms with Gasteiger partial charge in [-0.05, 0) is 43.2 Å². The Morgan fingerprint density at radius 2 is 2.11 bits per heavy atom. The largest absolute Gasteiger partial charge is 0.494 e. The van der Waals surface area contributed by atoms with Crippen LogP contribution in [0.2, 0.25) is 0 Å². The first-order valence-corrected chi connectivity index (χ1v) is 6.59. The van der Waals surface area contributed by atoms with Crippen molar-refractivity contribution in [2.24, 2.45) is 5.73 Å². The van der Waals surface area contributed by atoms with Crippen LogP contribution in [0.4, 0.5) is 0 Å². The molecule has 0 radical (unpaired) electrons. The van der Waals surface area contributed by atoms with Crippen LogP contribution < -0.4 is 10.5 Å². The lowest BCUT2D eigenvalue weighted by molar-refractivity contribution is 0.297. The molecule has 0 saturated carbocycles. The maximum atomic E-state index is 6.08. The number of benzene rings is 1. The van der Waals surface area contributed by atoms with E-state index in [1.165, 1.54) is 5.56 Å². The molecule has 0 aliphatic heterocycles. The van der Waals surface area contributed by atoms with Crippen molar-refractivity contribution in [2.75, 3.05) is 6.61 Å². The molecular weight excluding hydrogens is 236 g/mol. The van der Waals surface area contributed by atoms with Crippen molar-refractivity contribution in [3.63, 3.8) is 0 Å². The number of ether oxygens (including phenoxy) is 1. The fourth-order valence-electron chi connectivity index (χ4n) is 1.92. The number of nitrogens with zero attached hydrogens (tertiary/aromatic N) is 1. The summed E-state index contributed by atoms with van der Waals surface area (Å²) in [5, 5.41) is 0. The number of aryl methyl sites for hydroxylation is 1. The summed E-state index contributed by atoms with van der Waals surface area (Å²) < 4.78 is 5.69. The molecular formula is C16H20N2O. The van der Waals surface area contributed by atoms with E-state index >= 15 is 0 Å². The van der Waals surface area contributed by atoms with Crippen molar-refractivity contribution in [1.82, 2.24) is 4.98 Å². The van der Waals surface area contributed by atoms with Gasteiger partial charge in [0.15, 0.2) is 0 Å².